The predicted octanol–water partition coefficient (Wildman–Crippen LogP) is 3.01. The van der Waals surface area contributed by atoms with E-state index in [0.29, 0.717) is 25.5 Å². The van der Waals surface area contributed by atoms with Crippen molar-refractivity contribution < 1.29 is 14.3 Å². The first-order chi connectivity index (χ1) is 12.8. The average Bonchev–Trinajstić information content (AvgIpc) is 3.14. The lowest BCUT2D eigenvalue weighted by Crippen LogP contribution is -2.75. The summed E-state index contributed by atoms with van der Waals surface area (Å²) < 4.78 is 11.0. The maximum absolute atomic E-state index is 12.8. The highest BCUT2D eigenvalue weighted by Crippen LogP contribution is 2.49. The lowest BCUT2D eigenvalue weighted by atomic mass is 9.54. The molecule has 29 heavy (non-hydrogen) atoms. The van der Waals surface area contributed by atoms with Gasteiger partial charge < -0.3 is 25.4 Å². The number of nitrogens with one attached hydrogen (secondary N) is 1. The molecule has 0 bridgehead atoms. The number of carbonyl (C=O) groups excluding carboxylic acids is 1. The van der Waals surface area contributed by atoms with Gasteiger partial charge in [0.15, 0.2) is 0 Å². The van der Waals surface area contributed by atoms with Crippen molar-refractivity contribution in [2.45, 2.75) is 45.3 Å². The Morgan fingerprint density at radius 3 is 2.69 bits per heavy atom. The number of rotatable bonds is 7. The maximum atomic E-state index is 12.8. The molecule has 0 radical (unpaired) electrons. The number of hydrogen-bond donors (Lipinski definition) is 2. The van der Waals surface area contributed by atoms with E-state index >= 15 is 0 Å². The van der Waals surface area contributed by atoms with Crippen LogP contribution >= 0.6 is 24.8 Å². The quantitative estimate of drug-likeness (QED) is 0.671. The van der Waals surface area contributed by atoms with Crippen LogP contribution < -0.4 is 20.7 Å². The summed E-state index contributed by atoms with van der Waals surface area (Å²) >= 11 is 0. The fraction of sp³-hybridized carbons (Fsp3) is 0.667. The van der Waals surface area contributed by atoms with E-state index in [4.69, 9.17) is 15.2 Å². The van der Waals surface area contributed by atoms with Gasteiger partial charge in [0.1, 0.15) is 11.3 Å². The third-order valence-electron chi connectivity index (χ3n) is 6.49. The molecule has 2 aliphatic rings. The first-order valence-electron chi connectivity index (χ1n) is 9.89. The molecule has 1 saturated carbocycles. The minimum atomic E-state index is -0.849. The Bertz CT molecular complexity index is 689. The topological polar surface area (TPSA) is 76.8 Å². The zero-order valence-electron chi connectivity index (χ0n) is 17.8. The molecule has 1 aromatic carbocycles. The van der Waals surface area contributed by atoms with Gasteiger partial charge in [-0.25, -0.2) is 0 Å². The fourth-order valence-electron chi connectivity index (χ4n) is 4.26. The summed E-state index contributed by atoms with van der Waals surface area (Å²) in [6.07, 6.45) is 1.69. The number of hydrogen-bond acceptors (Lipinski definition) is 5. The molecule has 1 aliphatic heterocycles. The van der Waals surface area contributed by atoms with Crippen LogP contribution in [0.2, 0.25) is 0 Å². The SMILES string of the molecule is CCOC1CC(N)(C(=O)NCC2CCN(c3cccc(OC)c3)C2)C1(C)C.Cl.Cl. The number of methoxy groups -OCH3 is 1. The summed E-state index contributed by atoms with van der Waals surface area (Å²) in [5.74, 6) is 1.24. The third-order valence-corrected chi connectivity index (χ3v) is 6.49. The first kappa shape index (κ1) is 25.8. The van der Waals surface area contributed by atoms with Crippen LogP contribution in [0.3, 0.4) is 0 Å². The van der Waals surface area contributed by atoms with Gasteiger partial charge in [0, 0.05) is 49.8 Å². The van der Waals surface area contributed by atoms with Crippen LogP contribution in [0.1, 0.15) is 33.6 Å². The number of halogens is 2. The molecule has 6 nitrogen and oxygen atoms in total. The minimum Gasteiger partial charge on any atom is -0.497 e. The molecule has 1 aromatic rings. The second-order valence-corrected chi connectivity index (χ2v) is 8.35. The van der Waals surface area contributed by atoms with Crippen LogP contribution in [0.5, 0.6) is 5.75 Å². The van der Waals surface area contributed by atoms with E-state index < -0.39 is 5.54 Å². The second kappa shape index (κ2) is 10.2. The monoisotopic (exact) mass is 447 g/mol. The largest absolute Gasteiger partial charge is 0.497 e. The van der Waals surface area contributed by atoms with Crippen molar-refractivity contribution in [3.63, 3.8) is 0 Å². The van der Waals surface area contributed by atoms with Crippen molar-refractivity contribution in [2.75, 3.05) is 38.3 Å². The van der Waals surface area contributed by atoms with E-state index in [1.54, 1.807) is 7.11 Å². The zero-order valence-corrected chi connectivity index (χ0v) is 19.4. The molecule has 0 spiro atoms. The molecule has 1 aliphatic carbocycles. The lowest BCUT2D eigenvalue weighted by Gasteiger charge is -2.57. The molecule has 1 amide bonds. The number of nitrogens with two attached hydrogens (primary N) is 1. The van der Waals surface area contributed by atoms with Crippen LogP contribution in [-0.4, -0.2) is 50.9 Å². The molecule has 3 rings (SSSR count). The summed E-state index contributed by atoms with van der Waals surface area (Å²) in [4.78, 5) is 15.1. The van der Waals surface area contributed by atoms with Gasteiger partial charge in [-0.3, -0.25) is 4.79 Å². The van der Waals surface area contributed by atoms with Crippen LogP contribution in [0.4, 0.5) is 5.69 Å². The molecule has 1 heterocycles. The molecule has 0 aromatic heterocycles. The van der Waals surface area contributed by atoms with Gasteiger partial charge in [-0.15, -0.1) is 24.8 Å². The second-order valence-electron chi connectivity index (χ2n) is 8.35. The highest BCUT2D eigenvalue weighted by Gasteiger charge is 2.62. The molecule has 2 fully saturated rings. The Morgan fingerprint density at radius 1 is 1.34 bits per heavy atom. The smallest absolute Gasteiger partial charge is 0.240 e. The van der Waals surface area contributed by atoms with E-state index in [0.717, 1.165) is 30.9 Å². The Kier molecular flexibility index (Phi) is 9.09. The molecule has 3 atom stereocenters. The van der Waals surface area contributed by atoms with Crippen molar-refractivity contribution in [1.29, 1.82) is 0 Å². The number of ether oxygens (including phenoxy) is 2. The van der Waals surface area contributed by atoms with Crippen LogP contribution in [0.15, 0.2) is 24.3 Å². The number of carbonyl (C=O) groups is 1. The van der Waals surface area contributed by atoms with E-state index in [-0.39, 0.29) is 42.2 Å². The number of amides is 1. The van der Waals surface area contributed by atoms with Gasteiger partial charge in [-0.2, -0.15) is 0 Å². The Morgan fingerprint density at radius 2 is 2.07 bits per heavy atom. The highest BCUT2D eigenvalue weighted by molar-refractivity contribution is 5.88. The molecular weight excluding hydrogens is 413 g/mol. The number of anilines is 1. The van der Waals surface area contributed by atoms with E-state index in [9.17, 15) is 4.79 Å². The highest BCUT2D eigenvalue weighted by atomic mass is 35.5. The Hall–Kier alpha value is -1.21. The standard InChI is InChI=1S/C21H33N3O3.2ClH/c1-5-27-18-12-21(22,20(18,2)3)19(25)23-13-15-9-10-24(14-15)16-7-6-8-17(11-16)26-4;;/h6-8,11,15,18H,5,9-10,12-14,22H2,1-4H3,(H,23,25);2*1H. The number of benzene rings is 1. The molecule has 1 saturated heterocycles. The summed E-state index contributed by atoms with van der Waals surface area (Å²) in [6.45, 7) is 9.24. The van der Waals surface area contributed by atoms with Gasteiger partial charge >= 0.3 is 0 Å². The van der Waals surface area contributed by atoms with E-state index in [1.807, 2.05) is 32.9 Å². The van der Waals surface area contributed by atoms with Gasteiger partial charge in [0.2, 0.25) is 5.91 Å². The van der Waals surface area contributed by atoms with E-state index in [1.165, 1.54) is 0 Å². The fourth-order valence-corrected chi connectivity index (χ4v) is 4.26. The van der Waals surface area contributed by atoms with Gasteiger partial charge in [0.05, 0.1) is 13.2 Å². The molecule has 166 valence electrons. The lowest BCUT2D eigenvalue weighted by molar-refractivity contribution is -0.170. The summed E-state index contributed by atoms with van der Waals surface area (Å²) in [5, 5.41) is 3.11. The minimum absolute atomic E-state index is 0. The van der Waals surface area contributed by atoms with Crippen molar-refractivity contribution in [3.05, 3.63) is 24.3 Å². The third kappa shape index (κ3) is 4.93. The van der Waals surface area contributed by atoms with Crippen LogP contribution in [0, 0.1) is 11.3 Å². The first-order valence-corrected chi connectivity index (χ1v) is 9.89. The summed E-state index contributed by atoms with van der Waals surface area (Å²) in [5.41, 5.74) is 6.43. The zero-order chi connectivity index (χ0) is 19.7. The van der Waals surface area contributed by atoms with Crippen LogP contribution in [0.25, 0.3) is 0 Å². The van der Waals surface area contributed by atoms with Crippen molar-refractivity contribution in [1.82, 2.24) is 5.32 Å². The van der Waals surface area contributed by atoms with Crippen LogP contribution in [-0.2, 0) is 9.53 Å². The van der Waals surface area contributed by atoms with Crippen molar-refractivity contribution in [3.8, 4) is 5.75 Å². The van der Waals surface area contributed by atoms with Gasteiger partial charge in [-0.05, 0) is 31.4 Å². The Labute approximate surface area is 186 Å². The molecule has 3 N–H and O–H groups in total. The summed E-state index contributed by atoms with van der Waals surface area (Å²) in [6, 6.07) is 8.12. The molecule has 3 unspecified atom stereocenters. The predicted molar refractivity (Wildman–Crippen MR) is 122 cm³/mol. The maximum Gasteiger partial charge on any atom is 0.240 e. The molecule has 8 heteroatoms. The van der Waals surface area contributed by atoms with Gasteiger partial charge in [0.25, 0.3) is 0 Å². The average molecular weight is 448 g/mol. The van der Waals surface area contributed by atoms with Crippen molar-refractivity contribution >= 4 is 36.4 Å². The van der Waals surface area contributed by atoms with Gasteiger partial charge in [-0.1, -0.05) is 19.9 Å². The van der Waals surface area contributed by atoms with E-state index in [2.05, 4.69) is 22.3 Å². The molecular formula is C21H35Cl2N3O3. The number of nitrogens with zero attached hydrogens (tertiary/aromatic N) is 1. The Balaban J connectivity index is 0.00000210. The normalized spacial score (nSPS) is 27.3. The van der Waals surface area contributed by atoms with Crippen molar-refractivity contribution in [2.24, 2.45) is 17.1 Å². The summed E-state index contributed by atoms with van der Waals surface area (Å²) in [7, 11) is 1.68.